The van der Waals surface area contributed by atoms with Gasteiger partial charge in [-0.25, -0.2) is 0 Å². The van der Waals surface area contributed by atoms with Crippen molar-refractivity contribution in [2.24, 2.45) is 17.4 Å². The number of rotatable bonds is 8. The zero-order valence-corrected chi connectivity index (χ0v) is 16.2. The van der Waals surface area contributed by atoms with Crippen molar-refractivity contribution in [3.05, 3.63) is 0 Å². The Bertz CT molecular complexity index is 456. The summed E-state index contributed by atoms with van der Waals surface area (Å²) in [6.07, 6.45) is 1.53. The van der Waals surface area contributed by atoms with Gasteiger partial charge in [-0.1, -0.05) is 0 Å². The Morgan fingerprint density at radius 2 is 2.00 bits per heavy atom. The molecule has 0 aromatic heterocycles. The van der Waals surface area contributed by atoms with Crippen LogP contribution in [-0.2, 0) is 17.7 Å². The van der Waals surface area contributed by atoms with E-state index < -0.39 is 37.0 Å². The second-order valence-corrected chi connectivity index (χ2v) is 11.1. The third-order valence-electron chi connectivity index (χ3n) is 3.61. The van der Waals surface area contributed by atoms with Crippen molar-refractivity contribution in [2.45, 2.75) is 42.7 Å². The zero-order valence-electron chi connectivity index (χ0n) is 13.2. The molecule has 1 aliphatic rings. The van der Waals surface area contributed by atoms with E-state index in [-0.39, 0.29) is 33.8 Å². The van der Waals surface area contributed by atoms with Crippen LogP contribution in [0.1, 0.15) is 33.1 Å². The maximum atomic E-state index is 11.7. The van der Waals surface area contributed by atoms with Crippen LogP contribution in [0.5, 0.6) is 0 Å². The molecule has 1 aliphatic heterocycles. The van der Waals surface area contributed by atoms with Crippen LogP contribution in [0.25, 0.3) is 0 Å². The molecule has 22 heavy (non-hydrogen) atoms. The molecular formula is C13H27IN3O4S-. The van der Waals surface area contributed by atoms with E-state index in [1.807, 2.05) is 13.8 Å². The first-order valence-electron chi connectivity index (χ1n) is 7.37. The van der Waals surface area contributed by atoms with E-state index in [1.54, 1.807) is 0 Å². The molecule has 1 saturated heterocycles. The molecule has 9 heteroatoms. The molecule has 1 unspecified atom stereocenters. The number of carbonyl (C=O) groups excluding carboxylic acids is 1. The van der Waals surface area contributed by atoms with Gasteiger partial charge in [-0.15, -0.1) is 0 Å². The molecular weight excluding hydrogens is 421 g/mol. The quantitative estimate of drug-likeness (QED) is 0.152. The number of hydrogen-bond acceptors (Lipinski definition) is 6. The van der Waals surface area contributed by atoms with E-state index in [0.29, 0.717) is 26.0 Å². The summed E-state index contributed by atoms with van der Waals surface area (Å²) in [5, 5.41) is 2.84. The minimum absolute atomic E-state index is 0.0714. The fraction of sp³-hybridized carbons (Fsp3) is 0.923. The van der Waals surface area contributed by atoms with Gasteiger partial charge in [0.1, 0.15) is 0 Å². The number of halogens is 1. The number of nitrogens with two attached hydrogens (primary N) is 2. The monoisotopic (exact) mass is 448 g/mol. The summed E-state index contributed by atoms with van der Waals surface area (Å²) < 4.78 is 28.2. The molecule has 1 rings (SSSR count). The SMILES string of the molecule is CC(C)(CN)NC(=O)CCO[I-]C(N)C1CCS(=O)(=O)CC1. The van der Waals surface area contributed by atoms with E-state index in [9.17, 15) is 13.2 Å². The van der Waals surface area contributed by atoms with Gasteiger partial charge in [0, 0.05) is 0 Å². The van der Waals surface area contributed by atoms with Crippen molar-refractivity contribution in [1.29, 1.82) is 0 Å². The maximum absolute atomic E-state index is 11.7. The van der Waals surface area contributed by atoms with Crippen molar-refractivity contribution < 1.29 is 37.9 Å². The molecule has 5 N–H and O–H groups in total. The Morgan fingerprint density at radius 1 is 1.41 bits per heavy atom. The molecule has 1 amide bonds. The van der Waals surface area contributed by atoms with Gasteiger partial charge in [0.25, 0.3) is 0 Å². The van der Waals surface area contributed by atoms with Gasteiger partial charge < -0.3 is 0 Å². The van der Waals surface area contributed by atoms with Gasteiger partial charge in [-0.05, 0) is 0 Å². The molecule has 0 radical (unpaired) electrons. The molecule has 132 valence electrons. The van der Waals surface area contributed by atoms with Gasteiger partial charge in [0.2, 0.25) is 0 Å². The Hall–Kier alpha value is 0.0300. The topological polar surface area (TPSA) is 125 Å². The third kappa shape index (κ3) is 7.53. The molecule has 1 heterocycles. The van der Waals surface area contributed by atoms with Crippen molar-refractivity contribution >= 4 is 15.7 Å². The fourth-order valence-corrected chi connectivity index (χ4v) is 5.59. The van der Waals surface area contributed by atoms with E-state index in [2.05, 4.69) is 5.32 Å². The summed E-state index contributed by atoms with van der Waals surface area (Å²) in [5.74, 6) is 0.593. The summed E-state index contributed by atoms with van der Waals surface area (Å²) in [7, 11) is -2.85. The first kappa shape index (κ1) is 20.1. The third-order valence-corrected chi connectivity index (χ3v) is 7.73. The Morgan fingerprint density at radius 3 is 2.55 bits per heavy atom. The molecule has 0 aromatic rings. The second-order valence-electron chi connectivity index (χ2n) is 6.22. The second kappa shape index (κ2) is 8.76. The van der Waals surface area contributed by atoms with Crippen molar-refractivity contribution in [1.82, 2.24) is 5.32 Å². The fourth-order valence-electron chi connectivity index (χ4n) is 2.04. The Balaban J connectivity index is 2.18. The number of sulfone groups is 1. The molecule has 0 aliphatic carbocycles. The van der Waals surface area contributed by atoms with Crippen LogP contribution in [0.15, 0.2) is 0 Å². The summed E-state index contributed by atoms with van der Waals surface area (Å²) in [4.78, 5) is 11.7. The molecule has 1 atom stereocenters. The summed E-state index contributed by atoms with van der Waals surface area (Å²) in [6, 6.07) is 0. The van der Waals surface area contributed by atoms with Crippen LogP contribution in [0, 0.1) is 5.92 Å². The van der Waals surface area contributed by atoms with E-state index in [4.69, 9.17) is 14.5 Å². The van der Waals surface area contributed by atoms with Crippen LogP contribution in [0.2, 0.25) is 0 Å². The van der Waals surface area contributed by atoms with Gasteiger partial charge >= 0.3 is 144 Å². The van der Waals surface area contributed by atoms with E-state index in [0.717, 1.165) is 0 Å². The van der Waals surface area contributed by atoms with Gasteiger partial charge in [-0.2, -0.15) is 0 Å². The zero-order chi connectivity index (χ0) is 16.8. The molecule has 0 saturated carbocycles. The Kier molecular flexibility index (Phi) is 8.00. The number of carbonyl (C=O) groups is 1. The first-order chi connectivity index (χ1) is 10.2. The van der Waals surface area contributed by atoms with Crippen LogP contribution in [0.3, 0.4) is 0 Å². The predicted octanol–water partition coefficient (Wildman–Crippen LogP) is -3.64. The van der Waals surface area contributed by atoms with Crippen molar-refractivity contribution in [2.75, 3.05) is 24.7 Å². The molecule has 0 spiro atoms. The normalized spacial score (nSPS) is 20.7. The summed E-state index contributed by atoms with van der Waals surface area (Å²) in [6.45, 7) is 4.46. The van der Waals surface area contributed by atoms with Gasteiger partial charge in [0.05, 0.1) is 0 Å². The summed E-state index contributed by atoms with van der Waals surface area (Å²) in [5.41, 5.74) is 11.2. The molecule has 7 nitrogen and oxygen atoms in total. The average molecular weight is 448 g/mol. The average Bonchev–Trinajstić information content (AvgIpc) is 2.43. The van der Waals surface area contributed by atoms with Crippen LogP contribution >= 0.6 is 0 Å². The van der Waals surface area contributed by atoms with Crippen molar-refractivity contribution in [3.8, 4) is 0 Å². The van der Waals surface area contributed by atoms with Crippen molar-refractivity contribution in [3.63, 3.8) is 0 Å². The predicted molar refractivity (Wildman–Crippen MR) is 81.2 cm³/mol. The number of hydrogen-bond donors (Lipinski definition) is 3. The number of alkyl halides is 1. The minimum atomic E-state index is -2.85. The van der Waals surface area contributed by atoms with E-state index in [1.165, 1.54) is 0 Å². The number of nitrogens with one attached hydrogen (secondary N) is 1. The standard InChI is InChI=1S/C13H27IN3O4S/c1-13(2,9-15)17-11(18)3-6-21-14-12(16)10-4-7-22(19,20)8-5-10/h10,12H,3-9,15-16H2,1-2H3,(H,17,18)/q-1. The first-order valence-corrected chi connectivity index (χ1v) is 11.3. The number of amides is 1. The molecule has 0 bridgehead atoms. The molecule has 1 fully saturated rings. The van der Waals surface area contributed by atoms with Crippen LogP contribution in [0.4, 0.5) is 0 Å². The Labute approximate surface area is 143 Å². The van der Waals surface area contributed by atoms with E-state index >= 15 is 0 Å². The van der Waals surface area contributed by atoms with Gasteiger partial charge in [0.15, 0.2) is 0 Å². The van der Waals surface area contributed by atoms with Crippen LogP contribution < -0.4 is 38.4 Å². The van der Waals surface area contributed by atoms with Crippen LogP contribution in [-0.4, -0.2) is 48.6 Å². The van der Waals surface area contributed by atoms with Gasteiger partial charge in [-0.3, -0.25) is 0 Å². The molecule has 0 aromatic carbocycles. The summed E-state index contributed by atoms with van der Waals surface area (Å²) >= 11 is -0.686.